The van der Waals surface area contributed by atoms with Gasteiger partial charge in [-0.3, -0.25) is 0 Å². The van der Waals surface area contributed by atoms with E-state index >= 15 is 0 Å². The van der Waals surface area contributed by atoms with Crippen LogP contribution in [0.2, 0.25) is 0 Å². The van der Waals surface area contributed by atoms with E-state index in [1.54, 1.807) is 0 Å². The first kappa shape index (κ1) is 9.15. The van der Waals surface area contributed by atoms with Crippen LogP contribution in [0.3, 0.4) is 0 Å². The zero-order chi connectivity index (χ0) is 10.3. The largest absolute Gasteiger partial charge is 0.407 e. The first-order chi connectivity index (χ1) is 7.32. The fraction of sp³-hybridized carbons (Fsp3) is 0.800. The molecule has 1 aromatic rings. The Labute approximate surface area is 88.4 Å². The molecule has 0 radical (unpaired) electrons. The maximum absolute atomic E-state index is 5.39. The SMILES string of the molecule is NCc1nnc(NCC2(C3CC3)CC2)o1. The number of nitrogens with one attached hydrogen (secondary N) is 1. The lowest BCUT2D eigenvalue weighted by Gasteiger charge is -2.12. The predicted octanol–water partition coefficient (Wildman–Crippen LogP) is 1.13. The molecule has 0 saturated heterocycles. The molecule has 2 saturated carbocycles. The van der Waals surface area contributed by atoms with Crippen molar-refractivity contribution in [1.82, 2.24) is 10.2 Å². The van der Waals surface area contributed by atoms with Gasteiger partial charge in [-0.25, -0.2) is 0 Å². The van der Waals surface area contributed by atoms with E-state index in [2.05, 4.69) is 15.5 Å². The number of anilines is 1. The van der Waals surface area contributed by atoms with Gasteiger partial charge in [-0.05, 0) is 37.0 Å². The molecule has 0 aromatic carbocycles. The van der Waals surface area contributed by atoms with Crippen LogP contribution in [-0.4, -0.2) is 16.7 Å². The minimum atomic E-state index is 0.308. The highest BCUT2D eigenvalue weighted by Crippen LogP contribution is 2.61. The van der Waals surface area contributed by atoms with Crippen molar-refractivity contribution in [1.29, 1.82) is 0 Å². The molecule has 2 fully saturated rings. The molecule has 2 aliphatic carbocycles. The van der Waals surface area contributed by atoms with Crippen LogP contribution < -0.4 is 11.1 Å². The van der Waals surface area contributed by atoms with E-state index in [9.17, 15) is 0 Å². The van der Waals surface area contributed by atoms with Crippen molar-refractivity contribution in [2.75, 3.05) is 11.9 Å². The minimum absolute atomic E-state index is 0.308. The summed E-state index contributed by atoms with van der Waals surface area (Å²) in [6.07, 6.45) is 5.50. The molecule has 0 aliphatic heterocycles. The van der Waals surface area contributed by atoms with Gasteiger partial charge in [-0.15, -0.1) is 5.10 Å². The molecular weight excluding hydrogens is 192 g/mol. The average molecular weight is 208 g/mol. The molecule has 1 aromatic heterocycles. The molecule has 1 heterocycles. The van der Waals surface area contributed by atoms with Crippen LogP contribution in [0.4, 0.5) is 6.01 Å². The number of hydrogen-bond acceptors (Lipinski definition) is 5. The molecule has 2 aliphatic rings. The highest BCUT2D eigenvalue weighted by Gasteiger charge is 2.53. The first-order valence-corrected chi connectivity index (χ1v) is 5.59. The van der Waals surface area contributed by atoms with Gasteiger partial charge < -0.3 is 15.5 Å². The van der Waals surface area contributed by atoms with Gasteiger partial charge in [0.1, 0.15) is 0 Å². The Morgan fingerprint density at radius 2 is 2.20 bits per heavy atom. The highest BCUT2D eigenvalue weighted by molar-refractivity contribution is 5.21. The summed E-state index contributed by atoms with van der Waals surface area (Å²) in [4.78, 5) is 0. The maximum Gasteiger partial charge on any atom is 0.315 e. The Hall–Kier alpha value is -1.10. The number of hydrogen-bond donors (Lipinski definition) is 2. The van der Waals surface area contributed by atoms with E-state index in [0.717, 1.165) is 12.5 Å². The van der Waals surface area contributed by atoms with Crippen molar-refractivity contribution in [2.24, 2.45) is 17.1 Å². The molecule has 0 atom stereocenters. The smallest absolute Gasteiger partial charge is 0.315 e. The van der Waals surface area contributed by atoms with Crippen LogP contribution in [-0.2, 0) is 6.54 Å². The number of nitrogens with two attached hydrogens (primary N) is 1. The average Bonchev–Trinajstić information content (AvgIpc) is 3.13. The summed E-state index contributed by atoms with van der Waals surface area (Å²) < 4.78 is 5.30. The second kappa shape index (κ2) is 3.20. The molecule has 5 nitrogen and oxygen atoms in total. The van der Waals surface area contributed by atoms with Gasteiger partial charge in [0.2, 0.25) is 5.89 Å². The molecule has 5 heteroatoms. The Morgan fingerprint density at radius 3 is 2.73 bits per heavy atom. The zero-order valence-electron chi connectivity index (χ0n) is 8.70. The summed E-state index contributed by atoms with van der Waals surface area (Å²) in [7, 11) is 0. The molecule has 0 spiro atoms. The lowest BCUT2D eigenvalue weighted by molar-refractivity contribution is 0.450. The van der Waals surface area contributed by atoms with Crippen molar-refractivity contribution in [3.63, 3.8) is 0 Å². The topological polar surface area (TPSA) is 77.0 Å². The maximum atomic E-state index is 5.39. The van der Waals surface area contributed by atoms with Gasteiger partial charge in [-0.1, -0.05) is 5.10 Å². The fourth-order valence-corrected chi connectivity index (χ4v) is 2.24. The van der Waals surface area contributed by atoms with E-state index in [1.807, 2.05) is 0 Å². The minimum Gasteiger partial charge on any atom is -0.407 e. The van der Waals surface area contributed by atoms with Crippen molar-refractivity contribution in [3.05, 3.63) is 5.89 Å². The summed E-state index contributed by atoms with van der Waals surface area (Å²) in [5.41, 5.74) is 5.94. The third-order valence-electron chi connectivity index (χ3n) is 3.57. The van der Waals surface area contributed by atoms with Gasteiger partial charge in [-0.2, -0.15) is 0 Å². The molecule has 0 unspecified atom stereocenters. The number of aromatic nitrogens is 2. The van der Waals surface area contributed by atoms with Crippen LogP contribution in [0, 0.1) is 11.3 Å². The Balaban J connectivity index is 1.57. The molecule has 3 N–H and O–H groups in total. The normalized spacial score (nSPS) is 22.7. The fourth-order valence-electron chi connectivity index (χ4n) is 2.24. The first-order valence-electron chi connectivity index (χ1n) is 5.59. The Bertz CT molecular complexity index is 354. The molecule has 3 rings (SSSR count). The number of rotatable bonds is 5. The third kappa shape index (κ3) is 1.71. The summed E-state index contributed by atoms with van der Waals surface area (Å²) >= 11 is 0. The molecule has 15 heavy (non-hydrogen) atoms. The highest BCUT2D eigenvalue weighted by atomic mass is 16.4. The van der Waals surface area contributed by atoms with Crippen molar-refractivity contribution in [3.8, 4) is 0 Å². The van der Waals surface area contributed by atoms with Crippen LogP contribution >= 0.6 is 0 Å². The van der Waals surface area contributed by atoms with Gasteiger partial charge in [0, 0.05) is 6.54 Å². The second-order valence-corrected chi connectivity index (χ2v) is 4.70. The lowest BCUT2D eigenvalue weighted by Crippen LogP contribution is -2.17. The van der Waals surface area contributed by atoms with E-state index in [0.29, 0.717) is 23.9 Å². The van der Waals surface area contributed by atoms with Crippen molar-refractivity contribution >= 4 is 6.01 Å². The van der Waals surface area contributed by atoms with Gasteiger partial charge in [0.15, 0.2) is 0 Å². The van der Waals surface area contributed by atoms with E-state index < -0.39 is 0 Å². The lowest BCUT2D eigenvalue weighted by atomic mass is 10.0. The summed E-state index contributed by atoms with van der Waals surface area (Å²) in [5, 5.41) is 10.9. The van der Waals surface area contributed by atoms with Gasteiger partial charge >= 0.3 is 6.01 Å². The van der Waals surface area contributed by atoms with Crippen molar-refractivity contribution < 1.29 is 4.42 Å². The van der Waals surface area contributed by atoms with Gasteiger partial charge in [0.05, 0.1) is 6.54 Å². The van der Waals surface area contributed by atoms with Crippen LogP contribution in [0.25, 0.3) is 0 Å². The summed E-state index contributed by atoms with van der Waals surface area (Å²) in [6.45, 7) is 1.28. The molecule has 82 valence electrons. The quantitative estimate of drug-likeness (QED) is 0.758. The standard InChI is InChI=1S/C10H16N4O/c11-5-8-13-14-9(15-8)12-6-10(3-4-10)7-1-2-7/h7H,1-6,11H2,(H,12,14). The predicted molar refractivity (Wildman–Crippen MR) is 55.1 cm³/mol. The van der Waals surface area contributed by atoms with Gasteiger partial charge in [0.25, 0.3) is 0 Å². The molecule has 0 bridgehead atoms. The van der Waals surface area contributed by atoms with Crippen molar-refractivity contribution in [2.45, 2.75) is 32.2 Å². The molecular formula is C10H16N4O. The Morgan fingerprint density at radius 1 is 1.40 bits per heavy atom. The van der Waals surface area contributed by atoms with Crippen LogP contribution in [0.5, 0.6) is 0 Å². The van der Waals surface area contributed by atoms with E-state index in [1.165, 1.54) is 25.7 Å². The second-order valence-electron chi connectivity index (χ2n) is 4.70. The van der Waals surface area contributed by atoms with Crippen LogP contribution in [0.1, 0.15) is 31.6 Å². The monoisotopic (exact) mass is 208 g/mol. The number of nitrogens with zero attached hydrogens (tertiary/aromatic N) is 2. The van der Waals surface area contributed by atoms with E-state index in [4.69, 9.17) is 10.2 Å². The third-order valence-corrected chi connectivity index (χ3v) is 3.57. The summed E-state index contributed by atoms with van der Waals surface area (Å²) in [5.74, 6) is 1.44. The van der Waals surface area contributed by atoms with E-state index in [-0.39, 0.29) is 0 Å². The molecule has 0 amide bonds. The zero-order valence-corrected chi connectivity index (χ0v) is 8.70. The Kier molecular flexibility index (Phi) is 1.95. The van der Waals surface area contributed by atoms with Crippen LogP contribution in [0.15, 0.2) is 4.42 Å². The summed E-state index contributed by atoms with van der Waals surface area (Å²) in [6, 6.07) is 0.516.